The zero-order valence-electron chi connectivity index (χ0n) is 10.4. The summed E-state index contributed by atoms with van der Waals surface area (Å²) < 4.78 is 5.34. The summed E-state index contributed by atoms with van der Waals surface area (Å²) in [7, 11) is 4.14. The molecule has 0 bridgehead atoms. The monoisotopic (exact) mass is 223 g/mol. The quantitative estimate of drug-likeness (QED) is 0.803. The zero-order chi connectivity index (χ0) is 12.0. The first-order chi connectivity index (χ1) is 7.63. The molecule has 0 saturated carbocycles. The summed E-state index contributed by atoms with van der Waals surface area (Å²) in [5.41, 5.74) is 1.21. The Hall–Kier alpha value is -1.22. The van der Waals surface area contributed by atoms with Gasteiger partial charge in [-0.2, -0.15) is 0 Å². The van der Waals surface area contributed by atoms with Crippen LogP contribution in [0.4, 0.5) is 0 Å². The van der Waals surface area contributed by atoms with Gasteiger partial charge in [0.15, 0.2) is 11.5 Å². The molecule has 0 fully saturated rings. The van der Waals surface area contributed by atoms with E-state index in [9.17, 15) is 5.11 Å². The van der Waals surface area contributed by atoms with E-state index < -0.39 is 0 Å². The standard InChI is InChI=1S/C13H21NO2/c1-4-16-13-10-11(7-8-12(13)15)6-5-9-14(2)3/h7-8,10,15H,4-6,9H2,1-3H3. The van der Waals surface area contributed by atoms with Crippen molar-refractivity contribution >= 4 is 0 Å². The predicted octanol–water partition coefficient (Wildman–Crippen LogP) is 2.29. The number of hydrogen-bond donors (Lipinski definition) is 1. The Labute approximate surface area is 97.7 Å². The van der Waals surface area contributed by atoms with Crippen LogP contribution in [-0.4, -0.2) is 37.3 Å². The average Bonchev–Trinajstić information content (AvgIpc) is 2.22. The van der Waals surface area contributed by atoms with Crippen molar-refractivity contribution in [2.24, 2.45) is 0 Å². The molecule has 0 saturated heterocycles. The molecule has 3 heteroatoms. The molecule has 1 aromatic rings. The van der Waals surface area contributed by atoms with Crippen molar-refractivity contribution in [1.82, 2.24) is 4.90 Å². The minimum absolute atomic E-state index is 0.221. The van der Waals surface area contributed by atoms with E-state index in [4.69, 9.17) is 4.74 Å². The fraction of sp³-hybridized carbons (Fsp3) is 0.538. The van der Waals surface area contributed by atoms with Crippen molar-refractivity contribution in [3.05, 3.63) is 23.8 Å². The molecular weight excluding hydrogens is 202 g/mol. The summed E-state index contributed by atoms with van der Waals surface area (Å²) in [6.07, 6.45) is 2.13. The van der Waals surface area contributed by atoms with Crippen LogP contribution in [0.2, 0.25) is 0 Å². The number of phenolic OH excluding ortho intramolecular Hbond substituents is 1. The topological polar surface area (TPSA) is 32.7 Å². The van der Waals surface area contributed by atoms with Gasteiger partial charge in [0, 0.05) is 0 Å². The summed E-state index contributed by atoms with van der Waals surface area (Å²) in [6, 6.07) is 5.58. The number of nitrogens with zero attached hydrogens (tertiary/aromatic N) is 1. The third kappa shape index (κ3) is 4.11. The smallest absolute Gasteiger partial charge is 0.161 e. The van der Waals surface area contributed by atoms with Crippen molar-refractivity contribution < 1.29 is 9.84 Å². The molecule has 1 N–H and O–H groups in total. The average molecular weight is 223 g/mol. The Kier molecular flexibility index (Phi) is 5.12. The van der Waals surface area contributed by atoms with Crippen LogP contribution < -0.4 is 4.74 Å². The lowest BCUT2D eigenvalue weighted by molar-refractivity contribution is 0.317. The molecule has 0 atom stereocenters. The van der Waals surface area contributed by atoms with E-state index in [1.54, 1.807) is 6.07 Å². The molecule has 0 heterocycles. The van der Waals surface area contributed by atoms with E-state index in [0.29, 0.717) is 12.4 Å². The molecule has 0 radical (unpaired) electrons. The first-order valence-electron chi connectivity index (χ1n) is 5.73. The van der Waals surface area contributed by atoms with Gasteiger partial charge in [0.2, 0.25) is 0 Å². The lowest BCUT2D eigenvalue weighted by Gasteiger charge is -2.10. The van der Waals surface area contributed by atoms with Gasteiger partial charge in [-0.1, -0.05) is 6.07 Å². The van der Waals surface area contributed by atoms with Gasteiger partial charge in [-0.15, -0.1) is 0 Å². The third-order valence-electron chi connectivity index (χ3n) is 2.39. The number of hydrogen-bond acceptors (Lipinski definition) is 3. The Bertz CT molecular complexity index is 324. The second-order valence-corrected chi connectivity index (χ2v) is 4.14. The third-order valence-corrected chi connectivity index (χ3v) is 2.39. The van der Waals surface area contributed by atoms with Crippen LogP contribution in [0.5, 0.6) is 11.5 Å². The molecule has 0 aliphatic rings. The van der Waals surface area contributed by atoms with Gasteiger partial charge in [0.25, 0.3) is 0 Å². The van der Waals surface area contributed by atoms with E-state index in [1.807, 2.05) is 19.1 Å². The number of ether oxygens (including phenoxy) is 1. The number of aromatic hydroxyl groups is 1. The highest BCUT2D eigenvalue weighted by Gasteiger charge is 2.03. The minimum Gasteiger partial charge on any atom is -0.504 e. The maximum Gasteiger partial charge on any atom is 0.161 e. The Morgan fingerprint density at radius 2 is 2.06 bits per heavy atom. The molecule has 0 unspecified atom stereocenters. The van der Waals surface area contributed by atoms with Gasteiger partial charge < -0.3 is 14.7 Å². The zero-order valence-corrected chi connectivity index (χ0v) is 10.4. The largest absolute Gasteiger partial charge is 0.504 e. The van der Waals surface area contributed by atoms with Crippen LogP contribution in [0.25, 0.3) is 0 Å². The number of aryl methyl sites for hydroxylation is 1. The molecule has 0 aliphatic heterocycles. The molecule has 1 rings (SSSR count). The van der Waals surface area contributed by atoms with E-state index in [0.717, 1.165) is 19.4 Å². The summed E-state index contributed by atoms with van der Waals surface area (Å²) in [4.78, 5) is 2.17. The van der Waals surface area contributed by atoms with Gasteiger partial charge in [0.05, 0.1) is 6.61 Å². The van der Waals surface area contributed by atoms with E-state index in [1.165, 1.54) is 5.56 Å². The molecule has 3 nitrogen and oxygen atoms in total. The first-order valence-corrected chi connectivity index (χ1v) is 5.73. The van der Waals surface area contributed by atoms with Gasteiger partial charge in [-0.05, 0) is 58.1 Å². The normalized spacial score (nSPS) is 10.8. The molecule has 0 amide bonds. The second kappa shape index (κ2) is 6.38. The van der Waals surface area contributed by atoms with Gasteiger partial charge in [0.1, 0.15) is 0 Å². The predicted molar refractivity (Wildman–Crippen MR) is 66.2 cm³/mol. The van der Waals surface area contributed by atoms with Gasteiger partial charge in [-0.25, -0.2) is 0 Å². The second-order valence-electron chi connectivity index (χ2n) is 4.14. The van der Waals surface area contributed by atoms with Crippen molar-refractivity contribution in [2.45, 2.75) is 19.8 Å². The van der Waals surface area contributed by atoms with Crippen molar-refractivity contribution in [1.29, 1.82) is 0 Å². The molecular formula is C13H21NO2. The molecule has 0 aromatic heterocycles. The van der Waals surface area contributed by atoms with Crippen LogP contribution in [0.3, 0.4) is 0 Å². The fourth-order valence-corrected chi connectivity index (χ4v) is 1.58. The molecule has 1 aromatic carbocycles. The summed E-state index contributed by atoms with van der Waals surface area (Å²) in [5, 5.41) is 9.55. The van der Waals surface area contributed by atoms with Crippen molar-refractivity contribution in [3.8, 4) is 11.5 Å². The summed E-state index contributed by atoms with van der Waals surface area (Å²) >= 11 is 0. The lowest BCUT2D eigenvalue weighted by atomic mass is 10.1. The van der Waals surface area contributed by atoms with Crippen LogP contribution in [0.1, 0.15) is 18.9 Å². The van der Waals surface area contributed by atoms with Crippen LogP contribution in [-0.2, 0) is 6.42 Å². The SMILES string of the molecule is CCOc1cc(CCCN(C)C)ccc1O. The van der Waals surface area contributed by atoms with Gasteiger partial charge in [-0.3, -0.25) is 0 Å². The highest BCUT2D eigenvalue weighted by atomic mass is 16.5. The maximum atomic E-state index is 9.55. The minimum atomic E-state index is 0.221. The van der Waals surface area contributed by atoms with E-state index in [2.05, 4.69) is 19.0 Å². The summed E-state index contributed by atoms with van der Waals surface area (Å²) in [5.74, 6) is 0.808. The highest BCUT2D eigenvalue weighted by molar-refractivity contribution is 5.41. The molecule has 0 aliphatic carbocycles. The molecule has 90 valence electrons. The number of rotatable bonds is 6. The summed E-state index contributed by atoms with van der Waals surface area (Å²) in [6.45, 7) is 3.57. The van der Waals surface area contributed by atoms with E-state index in [-0.39, 0.29) is 5.75 Å². The first kappa shape index (κ1) is 12.8. The van der Waals surface area contributed by atoms with Crippen molar-refractivity contribution in [2.75, 3.05) is 27.2 Å². The molecule has 16 heavy (non-hydrogen) atoms. The molecule has 0 spiro atoms. The van der Waals surface area contributed by atoms with Crippen LogP contribution in [0, 0.1) is 0 Å². The van der Waals surface area contributed by atoms with Crippen LogP contribution >= 0.6 is 0 Å². The van der Waals surface area contributed by atoms with Crippen molar-refractivity contribution in [3.63, 3.8) is 0 Å². The fourth-order valence-electron chi connectivity index (χ4n) is 1.58. The Balaban J connectivity index is 2.56. The van der Waals surface area contributed by atoms with E-state index >= 15 is 0 Å². The highest BCUT2D eigenvalue weighted by Crippen LogP contribution is 2.27. The number of benzene rings is 1. The lowest BCUT2D eigenvalue weighted by Crippen LogP contribution is -2.13. The Morgan fingerprint density at radius 1 is 1.31 bits per heavy atom. The number of phenols is 1. The van der Waals surface area contributed by atoms with Crippen LogP contribution in [0.15, 0.2) is 18.2 Å². The van der Waals surface area contributed by atoms with Gasteiger partial charge >= 0.3 is 0 Å². The Morgan fingerprint density at radius 3 is 2.69 bits per heavy atom. The maximum absolute atomic E-state index is 9.55.